The Bertz CT molecular complexity index is 526. The number of sulfone groups is 1. The molecule has 0 amide bonds. The third-order valence-electron chi connectivity index (χ3n) is 2.84. The van der Waals surface area contributed by atoms with Crippen molar-refractivity contribution in [1.82, 2.24) is 0 Å². The third kappa shape index (κ3) is 2.95. The van der Waals surface area contributed by atoms with Crippen LogP contribution in [0.4, 0.5) is 5.69 Å². The molecule has 0 bridgehead atoms. The summed E-state index contributed by atoms with van der Waals surface area (Å²) in [6, 6.07) is 7.58. The fourth-order valence-corrected chi connectivity index (χ4v) is 3.15. The largest absolute Gasteiger partial charge is 0.389 e. The molecule has 0 radical (unpaired) electrons. The quantitative estimate of drug-likeness (QED) is 0.795. The molecule has 0 unspecified atom stereocenters. The standard InChI is InChI=1S/C11H14N2O2S2/c12-11(16)9-2-1-3-10(8-9)13-4-6-17(14,15)7-5-13/h1-3,8H,4-7H2,(H2,12,16). The first kappa shape index (κ1) is 12.3. The van der Waals surface area contributed by atoms with E-state index >= 15 is 0 Å². The van der Waals surface area contributed by atoms with Gasteiger partial charge in [-0.05, 0) is 12.1 Å². The number of thiocarbonyl (C=S) groups is 1. The fourth-order valence-electron chi connectivity index (χ4n) is 1.83. The summed E-state index contributed by atoms with van der Waals surface area (Å²) < 4.78 is 22.7. The summed E-state index contributed by atoms with van der Waals surface area (Å²) in [6.45, 7) is 1.06. The van der Waals surface area contributed by atoms with Crippen LogP contribution in [0.2, 0.25) is 0 Å². The molecule has 0 aromatic heterocycles. The number of benzene rings is 1. The van der Waals surface area contributed by atoms with Crippen LogP contribution in [0.25, 0.3) is 0 Å². The number of hydrogen-bond donors (Lipinski definition) is 1. The molecule has 2 rings (SSSR count). The summed E-state index contributed by atoms with van der Waals surface area (Å²) in [6.07, 6.45) is 0. The zero-order valence-electron chi connectivity index (χ0n) is 9.30. The van der Waals surface area contributed by atoms with E-state index in [4.69, 9.17) is 18.0 Å². The lowest BCUT2D eigenvalue weighted by Crippen LogP contribution is -2.40. The van der Waals surface area contributed by atoms with E-state index in [1.54, 1.807) is 0 Å². The topological polar surface area (TPSA) is 63.4 Å². The summed E-state index contributed by atoms with van der Waals surface area (Å²) >= 11 is 4.92. The van der Waals surface area contributed by atoms with Gasteiger partial charge in [0.25, 0.3) is 0 Å². The highest BCUT2D eigenvalue weighted by molar-refractivity contribution is 7.91. The van der Waals surface area contributed by atoms with Crippen LogP contribution in [0.5, 0.6) is 0 Å². The minimum atomic E-state index is -2.84. The smallest absolute Gasteiger partial charge is 0.153 e. The van der Waals surface area contributed by atoms with Crippen LogP contribution in [0.3, 0.4) is 0 Å². The van der Waals surface area contributed by atoms with Crippen molar-refractivity contribution in [3.8, 4) is 0 Å². The first-order valence-corrected chi connectivity index (χ1v) is 7.56. The molecule has 92 valence electrons. The lowest BCUT2D eigenvalue weighted by molar-refractivity contribution is 0.587. The number of hydrogen-bond acceptors (Lipinski definition) is 4. The maximum atomic E-state index is 11.3. The van der Waals surface area contributed by atoms with Gasteiger partial charge in [0, 0.05) is 24.3 Å². The molecule has 0 atom stereocenters. The molecule has 1 aromatic rings. The summed E-state index contributed by atoms with van der Waals surface area (Å²) in [5.41, 5.74) is 7.36. The summed E-state index contributed by atoms with van der Waals surface area (Å²) in [5, 5.41) is 0. The molecular weight excluding hydrogens is 256 g/mol. The second-order valence-electron chi connectivity index (χ2n) is 4.05. The molecule has 6 heteroatoms. The van der Waals surface area contributed by atoms with Crippen molar-refractivity contribution in [3.63, 3.8) is 0 Å². The third-order valence-corrected chi connectivity index (χ3v) is 4.69. The van der Waals surface area contributed by atoms with Gasteiger partial charge in [0.1, 0.15) is 4.99 Å². The van der Waals surface area contributed by atoms with E-state index in [-0.39, 0.29) is 11.5 Å². The van der Waals surface area contributed by atoms with Gasteiger partial charge < -0.3 is 10.6 Å². The van der Waals surface area contributed by atoms with Gasteiger partial charge >= 0.3 is 0 Å². The van der Waals surface area contributed by atoms with E-state index in [0.717, 1.165) is 11.3 Å². The monoisotopic (exact) mass is 270 g/mol. The summed E-state index contributed by atoms with van der Waals surface area (Å²) in [5.74, 6) is 0.425. The molecule has 0 spiro atoms. The number of rotatable bonds is 2. The normalized spacial score (nSPS) is 18.9. The Morgan fingerprint density at radius 3 is 2.53 bits per heavy atom. The lowest BCUT2D eigenvalue weighted by Gasteiger charge is -2.29. The maximum absolute atomic E-state index is 11.3. The Kier molecular flexibility index (Phi) is 3.35. The van der Waals surface area contributed by atoms with E-state index in [0.29, 0.717) is 18.1 Å². The van der Waals surface area contributed by atoms with Crippen LogP contribution in [0.1, 0.15) is 5.56 Å². The zero-order valence-corrected chi connectivity index (χ0v) is 10.9. The Hall–Kier alpha value is -1.14. The molecule has 1 saturated heterocycles. The predicted molar refractivity (Wildman–Crippen MR) is 73.2 cm³/mol. The van der Waals surface area contributed by atoms with Crippen LogP contribution in [0.15, 0.2) is 24.3 Å². The fraction of sp³-hybridized carbons (Fsp3) is 0.364. The first-order chi connectivity index (χ1) is 7.98. The summed E-state index contributed by atoms with van der Waals surface area (Å²) in [7, 11) is -2.84. The van der Waals surface area contributed by atoms with Crippen molar-refractivity contribution in [1.29, 1.82) is 0 Å². The Labute approximate surface area is 106 Å². The van der Waals surface area contributed by atoms with Gasteiger partial charge in [-0.3, -0.25) is 0 Å². The molecule has 1 aliphatic rings. The van der Waals surface area contributed by atoms with Crippen molar-refractivity contribution in [2.24, 2.45) is 5.73 Å². The maximum Gasteiger partial charge on any atom is 0.153 e. The van der Waals surface area contributed by atoms with Crippen LogP contribution < -0.4 is 10.6 Å². The van der Waals surface area contributed by atoms with Crippen LogP contribution >= 0.6 is 12.2 Å². The number of nitrogens with zero attached hydrogens (tertiary/aromatic N) is 1. The average Bonchev–Trinajstić information content (AvgIpc) is 2.29. The van der Waals surface area contributed by atoms with Crippen LogP contribution in [0, 0.1) is 0 Å². The predicted octanol–water partition coefficient (Wildman–Crippen LogP) is 0.556. The van der Waals surface area contributed by atoms with Gasteiger partial charge in [0.15, 0.2) is 9.84 Å². The first-order valence-electron chi connectivity index (χ1n) is 5.33. The van der Waals surface area contributed by atoms with Crippen molar-refractivity contribution in [2.45, 2.75) is 0 Å². The van der Waals surface area contributed by atoms with E-state index in [1.807, 2.05) is 29.2 Å². The molecule has 1 aromatic carbocycles. The Morgan fingerprint density at radius 1 is 1.29 bits per heavy atom. The van der Waals surface area contributed by atoms with Crippen molar-refractivity contribution in [2.75, 3.05) is 29.5 Å². The van der Waals surface area contributed by atoms with E-state index in [2.05, 4.69) is 0 Å². The molecule has 0 aliphatic carbocycles. The molecule has 1 aliphatic heterocycles. The van der Waals surface area contributed by atoms with Gasteiger partial charge in [-0.25, -0.2) is 8.42 Å². The zero-order chi connectivity index (χ0) is 12.5. The minimum Gasteiger partial charge on any atom is -0.389 e. The van der Waals surface area contributed by atoms with Gasteiger partial charge in [-0.15, -0.1) is 0 Å². The van der Waals surface area contributed by atoms with E-state index in [1.165, 1.54) is 0 Å². The SMILES string of the molecule is NC(=S)c1cccc(N2CCS(=O)(=O)CC2)c1. The van der Waals surface area contributed by atoms with Crippen molar-refractivity contribution >= 4 is 32.7 Å². The molecule has 17 heavy (non-hydrogen) atoms. The Morgan fingerprint density at radius 2 is 1.94 bits per heavy atom. The minimum absolute atomic E-state index is 0.213. The van der Waals surface area contributed by atoms with Crippen molar-refractivity contribution < 1.29 is 8.42 Å². The van der Waals surface area contributed by atoms with Gasteiger partial charge in [-0.2, -0.15) is 0 Å². The van der Waals surface area contributed by atoms with Crippen molar-refractivity contribution in [3.05, 3.63) is 29.8 Å². The van der Waals surface area contributed by atoms with E-state index in [9.17, 15) is 8.42 Å². The van der Waals surface area contributed by atoms with Crippen LogP contribution in [-0.2, 0) is 9.84 Å². The molecule has 1 fully saturated rings. The molecule has 1 heterocycles. The Balaban J connectivity index is 2.18. The molecule has 4 nitrogen and oxygen atoms in total. The highest BCUT2D eigenvalue weighted by Gasteiger charge is 2.21. The highest BCUT2D eigenvalue weighted by Crippen LogP contribution is 2.18. The second kappa shape index (κ2) is 4.62. The highest BCUT2D eigenvalue weighted by atomic mass is 32.2. The molecular formula is C11H14N2O2S2. The average molecular weight is 270 g/mol. The van der Waals surface area contributed by atoms with Gasteiger partial charge in [0.05, 0.1) is 11.5 Å². The number of anilines is 1. The molecule has 2 N–H and O–H groups in total. The number of nitrogens with two attached hydrogens (primary N) is 1. The lowest BCUT2D eigenvalue weighted by atomic mass is 10.2. The van der Waals surface area contributed by atoms with E-state index < -0.39 is 9.84 Å². The van der Waals surface area contributed by atoms with Crippen LogP contribution in [-0.4, -0.2) is 38.0 Å². The second-order valence-corrected chi connectivity index (χ2v) is 6.80. The summed E-state index contributed by atoms with van der Waals surface area (Å²) in [4.78, 5) is 2.40. The van der Waals surface area contributed by atoms with Gasteiger partial charge in [0.2, 0.25) is 0 Å². The van der Waals surface area contributed by atoms with Gasteiger partial charge in [-0.1, -0.05) is 24.4 Å². The molecule has 0 saturated carbocycles.